The number of hydrogen-bond acceptors (Lipinski definition) is 5. The van der Waals surface area contributed by atoms with Crippen LogP contribution in [0.5, 0.6) is 0 Å². The van der Waals surface area contributed by atoms with Crippen molar-refractivity contribution >= 4 is 17.4 Å². The van der Waals surface area contributed by atoms with Crippen molar-refractivity contribution in [3.05, 3.63) is 100 Å². The lowest BCUT2D eigenvalue weighted by Gasteiger charge is -2.10. The molecule has 0 saturated heterocycles. The summed E-state index contributed by atoms with van der Waals surface area (Å²) < 4.78 is 1.99. The Labute approximate surface area is 172 Å². The minimum atomic E-state index is -0.408. The number of thioether (sulfide) groups is 1. The van der Waals surface area contributed by atoms with E-state index in [1.54, 1.807) is 23.9 Å². The number of nitro groups is 1. The van der Waals surface area contributed by atoms with Crippen molar-refractivity contribution in [1.29, 1.82) is 0 Å². The van der Waals surface area contributed by atoms with Gasteiger partial charge in [-0.2, -0.15) is 0 Å². The molecular weight excluding hydrogens is 384 g/mol. The van der Waals surface area contributed by atoms with Crippen LogP contribution in [0, 0.1) is 17.0 Å². The first kappa shape index (κ1) is 18.9. The molecule has 0 aliphatic rings. The molecule has 6 nitrogen and oxygen atoms in total. The summed E-state index contributed by atoms with van der Waals surface area (Å²) in [6.07, 6.45) is 0. The van der Waals surface area contributed by atoms with Crippen LogP contribution in [0.15, 0.2) is 84.0 Å². The van der Waals surface area contributed by atoms with Crippen molar-refractivity contribution in [3.63, 3.8) is 0 Å². The highest BCUT2D eigenvalue weighted by Gasteiger charge is 2.17. The van der Waals surface area contributed by atoms with Gasteiger partial charge in [0.05, 0.1) is 4.92 Å². The molecule has 4 rings (SSSR count). The molecule has 29 heavy (non-hydrogen) atoms. The summed E-state index contributed by atoms with van der Waals surface area (Å²) in [6, 6.07) is 24.7. The molecule has 1 heterocycles. The molecule has 0 N–H and O–H groups in total. The molecule has 3 aromatic carbocycles. The molecule has 144 valence electrons. The maximum absolute atomic E-state index is 11.0. The van der Waals surface area contributed by atoms with Crippen molar-refractivity contribution in [2.75, 3.05) is 0 Å². The molecular formula is C22H18N4O2S. The molecule has 1 aromatic heterocycles. The van der Waals surface area contributed by atoms with E-state index in [0.717, 1.165) is 22.2 Å². The summed E-state index contributed by atoms with van der Waals surface area (Å²) in [4.78, 5) is 10.5. The second kappa shape index (κ2) is 8.28. The number of aryl methyl sites for hydroxylation is 1. The summed E-state index contributed by atoms with van der Waals surface area (Å²) in [5.41, 5.74) is 4.20. The number of nitro benzene ring substituents is 1. The van der Waals surface area contributed by atoms with Gasteiger partial charge >= 0.3 is 0 Å². The molecule has 4 aromatic rings. The number of rotatable bonds is 6. The SMILES string of the molecule is Cc1ccc(CSc2nnc(-c3ccc([N+](=O)[O-])cc3)n2-c2ccccc2)cc1. The number of nitrogens with zero attached hydrogens (tertiary/aromatic N) is 4. The minimum Gasteiger partial charge on any atom is -0.270 e. The van der Waals surface area contributed by atoms with Crippen LogP contribution in [-0.4, -0.2) is 19.7 Å². The Hall–Kier alpha value is -3.45. The van der Waals surface area contributed by atoms with E-state index in [-0.39, 0.29) is 5.69 Å². The average molecular weight is 402 g/mol. The molecule has 0 aliphatic carbocycles. The Bertz CT molecular complexity index is 1120. The number of aromatic nitrogens is 3. The van der Waals surface area contributed by atoms with E-state index in [4.69, 9.17) is 0 Å². The third kappa shape index (κ3) is 4.20. The highest BCUT2D eigenvalue weighted by atomic mass is 32.2. The van der Waals surface area contributed by atoms with Gasteiger partial charge in [-0.3, -0.25) is 14.7 Å². The van der Waals surface area contributed by atoms with Crippen LogP contribution >= 0.6 is 11.8 Å². The molecule has 0 fully saturated rings. The largest absolute Gasteiger partial charge is 0.270 e. The van der Waals surface area contributed by atoms with Crippen molar-refractivity contribution < 1.29 is 4.92 Å². The molecule has 0 atom stereocenters. The Balaban J connectivity index is 1.70. The van der Waals surface area contributed by atoms with Gasteiger partial charge in [0.25, 0.3) is 5.69 Å². The summed E-state index contributed by atoms with van der Waals surface area (Å²) in [5.74, 6) is 1.42. The second-order valence-corrected chi connectivity index (χ2v) is 7.50. The minimum absolute atomic E-state index is 0.0495. The predicted octanol–water partition coefficient (Wildman–Crippen LogP) is 5.44. The summed E-state index contributed by atoms with van der Waals surface area (Å²) >= 11 is 1.61. The van der Waals surface area contributed by atoms with Crippen LogP contribution in [0.3, 0.4) is 0 Å². The van der Waals surface area contributed by atoms with Gasteiger partial charge in [0, 0.05) is 29.1 Å². The van der Waals surface area contributed by atoms with Gasteiger partial charge in [-0.1, -0.05) is 59.8 Å². The molecule has 7 heteroatoms. The smallest absolute Gasteiger partial charge is 0.269 e. The van der Waals surface area contributed by atoms with E-state index >= 15 is 0 Å². The van der Waals surface area contributed by atoms with Gasteiger partial charge in [0.2, 0.25) is 0 Å². The van der Waals surface area contributed by atoms with Crippen LogP contribution in [0.25, 0.3) is 17.1 Å². The fraction of sp³-hybridized carbons (Fsp3) is 0.0909. The third-order valence-corrected chi connectivity index (χ3v) is 5.47. The second-order valence-electron chi connectivity index (χ2n) is 6.56. The molecule has 0 spiro atoms. The fourth-order valence-corrected chi connectivity index (χ4v) is 3.83. The summed E-state index contributed by atoms with van der Waals surface area (Å²) in [7, 11) is 0. The van der Waals surface area contributed by atoms with Crippen LogP contribution in [-0.2, 0) is 5.75 Å². The Kier molecular flexibility index (Phi) is 5.39. The maximum Gasteiger partial charge on any atom is 0.269 e. The lowest BCUT2D eigenvalue weighted by Crippen LogP contribution is -1.99. The highest BCUT2D eigenvalue weighted by Crippen LogP contribution is 2.30. The number of benzene rings is 3. The van der Waals surface area contributed by atoms with Crippen molar-refractivity contribution in [1.82, 2.24) is 14.8 Å². The Morgan fingerprint density at radius 2 is 1.62 bits per heavy atom. The van der Waals surface area contributed by atoms with Crippen molar-refractivity contribution in [2.45, 2.75) is 17.8 Å². The van der Waals surface area contributed by atoms with E-state index in [9.17, 15) is 10.1 Å². The summed E-state index contributed by atoms with van der Waals surface area (Å²) in [6.45, 7) is 2.07. The van der Waals surface area contributed by atoms with Gasteiger partial charge in [-0.05, 0) is 36.8 Å². The van der Waals surface area contributed by atoms with Gasteiger partial charge in [0.1, 0.15) is 0 Å². The van der Waals surface area contributed by atoms with Crippen LogP contribution in [0.2, 0.25) is 0 Å². The van der Waals surface area contributed by atoms with E-state index < -0.39 is 4.92 Å². The number of para-hydroxylation sites is 1. The van der Waals surface area contributed by atoms with Gasteiger partial charge in [-0.15, -0.1) is 10.2 Å². The number of hydrogen-bond donors (Lipinski definition) is 0. The van der Waals surface area contributed by atoms with Crippen LogP contribution in [0.1, 0.15) is 11.1 Å². The van der Waals surface area contributed by atoms with Gasteiger partial charge in [0.15, 0.2) is 11.0 Å². The first-order chi connectivity index (χ1) is 14.1. The van der Waals surface area contributed by atoms with Crippen molar-refractivity contribution in [2.24, 2.45) is 0 Å². The molecule has 0 saturated carbocycles. The Morgan fingerprint density at radius 3 is 2.28 bits per heavy atom. The average Bonchev–Trinajstić information content (AvgIpc) is 3.18. The van der Waals surface area contributed by atoms with E-state index in [1.165, 1.54) is 23.3 Å². The third-order valence-electron chi connectivity index (χ3n) is 4.47. The molecule has 0 bridgehead atoms. The van der Waals surface area contributed by atoms with Crippen molar-refractivity contribution in [3.8, 4) is 17.1 Å². The quantitative estimate of drug-likeness (QED) is 0.244. The first-order valence-corrected chi connectivity index (χ1v) is 10.0. The monoisotopic (exact) mass is 402 g/mol. The standard InChI is InChI=1S/C22H18N4O2S/c1-16-7-9-17(10-8-16)15-29-22-24-23-21(25(22)19-5-3-2-4-6-19)18-11-13-20(14-12-18)26(27)28/h2-14H,15H2,1H3. The highest BCUT2D eigenvalue weighted by molar-refractivity contribution is 7.98. The van der Waals surface area contributed by atoms with Crippen LogP contribution in [0.4, 0.5) is 5.69 Å². The summed E-state index contributed by atoms with van der Waals surface area (Å²) in [5, 5.41) is 20.5. The molecule has 0 unspecified atom stereocenters. The molecule has 0 aliphatic heterocycles. The zero-order chi connectivity index (χ0) is 20.2. The lowest BCUT2D eigenvalue weighted by molar-refractivity contribution is -0.384. The molecule has 0 radical (unpaired) electrons. The van der Waals surface area contributed by atoms with E-state index in [0.29, 0.717) is 5.82 Å². The number of non-ortho nitro benzene ring substituents is 1. The zero-order valence-electron chi connectivity index (χ0n) is 15.7. The fourth-order valence-electron chi connectivity index (χ4n) is 2.92. The van der Waals surface area contributed by atoms with Crippen LogP contribution < -0.4 is 0 Å². The lowest BCUT2D eigenvalue weighted by atomic mass is 10.2. The topological polar surface area (TPSA) is 73.8 Å². The zero-order valence-corrected chi connectivity index (χ0v) is 16.5. The van der Waals surface area contributed by atoms with E-state index in [2.05, 4.69) is 41.4 Å². The normalized spacial score (nSPS) is 10.8. The predicted molar refractivity (Wildman–Crippen MR) is 114 cm³/mol. The van der Waals surface area contributed by atoms with Gasteiger partial charge in [-0.25, -0.2) is 0 Å². The molecule has 0 amide bonds. The van der Waals surface area contributed by atoms with Gasteiger partial charge < -0.3 is 0 Å². The maximum atomic E-state index is 11.0. The Morgan fingerprint density at radius 1 is 0.931 bits per heavy atom. The van der Waals surface area contributed by atoms with E-state index in [1.807, 2.05) is 34.9 Å². The first-order valence-electron chi connectivity index (χ1n) is 9.06.